The minimum absolute atomic E-state index is 0.510. The van der Waals surface area contributed by atoms with Crippen molar-refractivity contribution in [1.82, 2.24) is 0 Å². The summed E-state index contributed by atoms with van der Waals surface area (Å²) in [6.45, 7) is 2.27. The molecule has 0 spiro atoms. The Balaban J connectivity index is 1.92. The molecule has 0 aliphatic carbocycles. The van der Waals surface area contributed by atoms with E-state index < -0.39 is 6.03 Å². The molecule has 24 heavy (non-hydrogen) atoms. The molecule has 136 valence electrons. The standard InChI is InChI=1S/C21H36N2O/c1-2-3-4-5-6-7-8-9-10-11-12-13-14-19-15-17-20(18-16-19)23-21(22)24/h15-18H,2-14H2,1H3,(H3,22,23,24). The van der Waals surface area contributed by atoms with Gasteiger partial charge in [0.2, 0.25) is 0 Å². The molecule has 1 aromatic carbocycles. The first-order valence-corrected chi connectivity index (χ1v) is 9.87. The lowest BCUT2D eigenvalue weighted by Gasteiger charge is -2.05. The highest BCUT2D eigenvalue weighted by Gasteiger charge is 1.98. The third-order valence-corrected chi connectivity index (χ3v) is 4.54. The Morgan fingerprint density at radius 1 is 0.792 bits per heavy atom. The minimum atomic E-state index is -0.510. The van der Waals surface area contributed by atoms with Gasteiger partial charge in [0.05, 0.1) is 0 Å². The second-order valence-corrected chi connectivity index (χ2v) is 6.83. The minimum Gasteiger partial charge on any atom is -0.351 e. The number of urea groups is 1. The summed E-state index contributed by atoms with van der Waals surface area (Å²) in [6.07, 6.45) is 17.7. The van der Waals surface area contributed by atoms with E-state index in [0.717, 1.165) is 12.1 Å². The van der Waals surface area contributed by atoms with Gasteiger partial charge in [0.15, 0.2) is 0 Å². The van der Waals surface area contributed by atoms with E-state index in [0.29, 0.717) is 0 Å². The Hall–Kier alpha value is -1.51. The molecule has 0 saturated carbocycles. The van der Waals surface area contributed by atoms with Gasteiger partial charge in [-0.05, 0) is 30.5 Å². The van der Waals surface area contributed by atoms with Crippen molar-refractivity contribution in [2.75, 3.05) is 5.32 Å². The molecule has 0 aliphatic rings. The van der Waals surface area contributed by atoms with Crippen molar-refractivity contribution < 1.29 is 4.79 Å². The molecule has 3 N–H and O–H groups in total. The summed E-state index contributed by atoms with van der Waals surface area (Å²) in [5.74, 6) is 0. The van der Waals surface area contributed by atoms with Crippen molar-refractivity contribution in [2.24, 2.45) is 5.73 Å². The van der Waals surface area contributed by atoms with Gasteiger partial charge >= 0.3 is 6.03 Å². The van der Waals surface area contributed by atoms with E-state index in [-0.39, 0.29) is 0 Å². The van der Waals surface area contributed by atoms with Crippen molar-refractivity contribution in [3.05, 3.63) is 29.8 Å². The van der Waals surface area contributed by atoms with Crippen molar-refractivity contribution in [3.8, 4) is 0 Å². The van der Waals surface area contributed by atoms with Crippen LogP contribution in [0.25, 0.3) is 0 Å². The first kappa shape index (κ1) is 20.5. The van der Waals surface area contributed by atoms with Gasteiger partial charge in [0.1, 0.15) is 0 Å². The van der Waals surface area contributed by atoms with E-state index in [2.05, 4.69) is 24.4 Å². The van der Waals surface area contributed by atoms with Crippen LogP contribution in [0.1, 0.15) is 89.5 Å². The third-order valence-electron chi connectivity index (χ3n) is 4.54. The molecule has 3 heteroatoms. The largest absolute Gasteiger partial charge is 0.351 e. The highest BCUT2D eigenvalue weighted by Crippen LogP contribution is 2.14. The maximum Gasteiger partial charge on any atom is 0.316 e. The van der Waals surface area contributed by atoms with Crippen LogP contribution in [-0.4, -0.2) is 6.03 Å². The van der Waals surface area contributed by atoms with Crippen LogP contribution in [0.2, 0.25) is 0 Å². The lowest BCUT2D eigenvalue weighted by atomic mass is 10.0. The number of nitrogens with two attached hydrogens (primary N) is 1. The predicted molar refractivity (Wildman–Crippen MR) is 104 cm³/mol. The van der Waals surface area contributed by atoms with E-state index in [1.54, 1.807) is 0 Å². The highest BCUT2D eigenvalue weighted by molar-refractivity contribution is 5.87. The molecule has 0 saturated heterocycles. The first-order chi connectivity index (χ1) is 11.7. The molecule has 3 nitrogen and oxygen atoms in total. The smallest absolute Gasteiger partial charge is 0.316 e. The van der Waals surface area contributed by atoms with Crippen LogP contribution < -0.4 is 11.1 Å². The summed E-state index contributed by atoms with van der Waals surface area (Å²) < 4.78 is 0. The maximum atomic E-state index is 10.8. The van der Waals surface area contributed by atoms with E-state index >= 15 is 0 Å². The van der Waals surface area contributed by atoms with E-state index in [9.17, 15) is 4.79 Å². The zero-order chi connectivity index (χ0) is 17.5. The number of aryl methyl sites for hydroxylation is 1. The zero-order valence-corrected chi connectivity index (χ0v) is 15.5. The maximum absolute atomic E-state index is 10.8. The predicted octanol–water partition coefficient (Wildman–Crippen LogP) is 6.42. The average molecular weight is 333 g/mol. The van der Waals surface area contributed by atoms with Gasteiger partial charge in [-0.25, -0.2) is 4.79 Å². The Morgan fingerprint density at radius 3 is 1.71 bits per heavy atom. The van der Waals surface area contributed by atoms with Crippen LogP contribution in [0.5, 0.6) is 0 Å². The number of rotatable bonds is 14. The molecular formula is C21H36N2O. The van der Waals surface area contributed by atoms with E-state index in [1.165, 1.54) is 82.6 Å². The van der Waals surface area contributed by atoms with Crippen LogP contribution in [0.15, 0.2) is 24.3 Å². The van der Waals surface area contributed by atoms with Crippen molar-refractivity contribution in [1.29, 1.82) is 0 Å². The van der Waals surface area contributed by atoms with Crippen LogP contribution in [0.4, 0.5) is 10.5 Å². The Kier molecular flexibility index (Phi) is 11.9. The Morgan fingerprint density at radius 2 is 1.25 bits per heavy atom. The fraction of sp³-hybridized carbons (Fsp3) is 0.667. The first-order valence-electron chi connectivity index (χ1n) is 9.87. The molecule has 0 unspecified atom stereocenters. The molecule has 0 aliphatic heterocycles. The third kappa shape index (κ3) is 11.1. The number of amides is 2. The fourth-order valence-corrected chi connectivity index (χ4v) is 3.07. The topological polar surface area (TPSA) is 55.1 Å². The lowest BCUT2D eigenvalue weighted by molar-refractivity contribution is 0.259. The van der Waals surface area contributed by atoms with Crippen LogP contribution >= 0.6 is 0 Å². The molecule has 2 amide bonds. The number of nitrogens with one attached hydrogen (secondary N) is 1. The van der Waals surface area contributed by atoms with Gasteiger partial charge in [-0.3, -0.25) is 0 Å². The number of primary amides is 1. The van der Waals surface area contributed by atoms with Crippen LogP contribution in [0.3, 0.4) is 0 Å². The SMILES string of the molecule is CCCCCCCCCCCCCCc1ccc(NC(N)=O)cc1. The van der Waals surface area contributed by atoms with Crippen LogP contribution in [0, 0.1) is 0 Å². The number of hydrogen-bond donors (Lipinski definition) is 2. The molecule has 0 atom stereocenters. The van der Waals surface area contributed by atoms with Gasteiger partial charge in [-0.2, -0.15) is 0 Å². The molecule has 0 radical (unpaired) electrons. The van der Waals surface area contributed by atoms with Crippen molar-refractivity contribution >= 4 is 11.7 Å². The number of unbranched alkanes of at least 4 members (excludes halogenated alkanes) is 11. The van der Waals surface area contributed by atoms with Gasteiger partial charge in [-0.15, -0.1) is 0 Å². The Bertz CT molecular complexity index is 428. The monoisotopic (exact) mass is 332 g/mol. The number of carbonyl (C=O) groups excluding carboxylic acids is 1. The molecule has 0 fully saturated rings. The van der Waals surface area contributed by atoms with E-state index in [1.807, 2.05) is 12.1 Å². The second kappa shape index (κ2) is 13.9. The van der Waals surface area contributed by atoms with Crippen molar-refractivity contribution in [3.63, 3.8) is 0 Å². The number of carbonyl (C=O) groups is 1. The van der Waals surface area contributed by atoms with Crippen LogP contribution in [-0.2, 0) is 6.42 Å². The van der Waals surface area contributed by atoms with E-state index in [4.69, 9.17) is 5.73 Å². The summed E-state index contributed by atoms with van der Waals surface area (Å²) in [5, 5.41) is 2.59. The summed E-state index contributed by atoms with van der Waals surface area (Å²) >= 11 is 0. The number of benzene rings is 1. The zero-order valence-electron chi connectivity index (χ0n) is 15.5. The molecule has 0 aromatic heterocycles. The van der Waals surface area contributed by atoms with Crippen molar-refractivity contribution in [2.45, 2.75) is 90.4 Å². The molecule has 0 heterocycles. The lowest BCUT2D eigenvalue weighted by Crippen LogP contribution is -2.19. The quantitative estimate of drug-likeness (QED) is 0.379. The summed E-state index contributed by atoms with van der Waals surface area (Å²) in [7, 11) is 0. The highest BCUT2D eigenvalue weighted by atomic mass is 16.2. The average Bonchev–Trinajstić information content (AvgIpc) is 2.57. The molecule has 0 bridgehead atoms. The summed E-state index contributed by atoms with van der Waals surface area (Å²) in [4.78, 5) is 10.8. The second-order valence-electron chi connectivity index (χ2n) is 6.83. The van der Waals surface area contributed by atoms with Gasteiger partial charge in [0, 0.05) is 5.69 Å². The molecule has 1 aromatic rings. The number of hydrogen-bond acceptors (Lipinski definition) is 1. The Labute approximate surface area is 148 Å². The summed E-state index contributed by atoms with van der Waals surface area (Å²) in [5.41, 5.74) is 7.19. The van der Waals surface area contributed by atoms with Gasteiger partial charge in [-0.1, -0.05) is 89.7 Å². The van der Waals surface area contributed by atoms with Gasteiger partial charge in [0.25, 0.3) is 0 Å². The number of anilines is 1. The summed E-state index contributed by atoms with van der Waals surface area (Å²) in [6, 6.07) is 7.47. The fourth-order valence-electron chi connectivity index (χ4n) is 3.07. The van der Waals surface area contributed by atoms with Gasteiger partial charge < -0.3 is 11.1 Å². The molecule has 1 rings (SSSR count). The molecular weight excluding hydrogens is 296 g/mol. The normalized spacial score (nSPS) is 10.7.